The van der Waals surface area contributed by atoms with Crippen molar-refractivity contribution in [2.45, 2.75) is 37.6 Å². The summed E-state index contributed by atoms with van der Waals surface area (Å²) in [4.78, 5) is 13.5. The number of hydrogen-bond acceptors (Lipinski definition) is 4. The lowest BCUT2D eigenvalue weighted by molar-refractivity contribution is -0.116. The van der Waals surface area contributed by atoms with E-state index in [1.54, 1.807) is 24.0 Å². The minimum atomic E-state index is -3.56. The minimum Gasteiger partial charge on any atom is -0.327 e. The van der Waals surface area contributed by atoms with Crippen LogP contribution in [0.1, 0.15) is 25.8 Å². The minimum absolute atomic E-state index is 0.0263. The number of amides is 1. The fourth-order valence-corrected chi connectivity index (χ4v) is 3.59. The van der Waals surface area contributed by atoms with Gasteiger partial charge in [-0.1, -0.05) is 0 Å². The number of hydrogen-bond donors (Lipinski definition) is 2. The van der Waals surface area contributed by atoms with Crippen LogP contribution in [0.3, 0.4) is 0 Å². The van der Waals surface area contributed by atoms with Gasteiger partial charge in [0.2, 0.25) is 15.9 Å². The van der Waals surface area contributed by atoms with Gasteiger partial charge in [-0.3, -0.25) is 4.79 Å². The van der Waals surface area contributed by atoms with E-state index in [1.807, 2.05) is 0 Å². The lowest BCUT2D eigenvalue weighted by Gasteiger charge is -2.28. The van der Waals surface area contributed by atoms with Crippen LogP contribution in [0.25, 0.3) is 0 Å². The number of fused-ring (bicyclic) bond motifs is 1. The number of nitrogens with one attached hydrogen (secondary N) is 1. The summed E-state index contributed by atoms with van der Waals surface area (Å²) in [5.74, 6) is -0.0263. The SMILES string of the molecule is CC(=O)N1CCCc2cc(S(=O)(=O)NCC(C)N)ccc21. The van der Waals surface area contributed by atoms with E-state index in [-0.39, 0.29) is 23.4 Å². The molecule has 1 heterocycles. The lowest BCUT2D eigenvalue weighted by Crippen LogP contribution is -2.36. The second-order valence-electron chi connectivity index (χ2n) is 5.39. The topological polar surface area (TPSA) is 92.5 Å². The second-order valence-corrected chi connectivity index (χ2v) is 7.16. The first-order valence-corrected chi connectivity index (χ1v) is 8.46. The molecule has 1 atom stereocenters. The van der Waals surface area contributed by atoms with E-state index in [1.165, 1.54) is 13.0 Å². The summed E-state index contributed by atoms with van der Waals surface area (Å²) in [6.07, 6.45) is 1.61. The Morgan fingerprint density at radius 2 is 2.19 bits per heavy atom. The van der Waals surface area contributed by atoms with Gasteiger partial charge in [-0.2, -0.15) is 0 Å². The van der Waals surface area contributed by atoms with Crippen molar-refractivity contribution < 1.29 is 13.2 Å². The summed E-state index contributed by atoms with van der Waals surface area (Å²) >= 11 is 0. The van der Waals surface area contributed by atoms with Gasteiger partial charge in [0.05, 0.1) is 4.90 Å². The van der Waals surface area contributed by atoms with Crippen LogP contribution in [0, 0.1) is 0 Å². The molecule has 1 unspecified atom stereocenters. The van der Waals surface area contributed by atoms with Gasteiger partial charge >= 0.3 is 0 Å². The molecule has 116 valence electrons. The zero-order valence-electron chi connectivity index (χ0n) is 12.3. The highest BCUT2D eigenvalue weighted by molar-refractivity contribution is 7.89. The van der Waals surface area contributed by atoms with Crippen LogP contribution in [-0.2, 0) is 21.2 Å². The maximum atomic E-state index is 12.2. The summed E-state index contributed by atoms with van der Waals surface area (Å²) in [6.45, 7) is 4.13. The van der Waals surface area contributed by atoms with Crippen LogP contribution in [0.4, 0.5) is 5.69 Å². The summed E-state index contributed by atoms with van der Waals surface area (Å²) in [5, 5.41) is 0. The number of carbonyl (C=O) groups is 1. The molecule has 1 aromatic rings. The number of carbonyl (C=O) groups excluding carboxylic acids is 1. The molecule has 0 aromatic heterocycles. The van der Waals surface area contributed by atoms with Crippen molar-refractivity contribution >= 4 is 21.6 Å². The molecule has 21 heavy (non-hydrogen) atoms. The summed E-state index contributed by atoms with van der Waals surface area (Å²) in [7, 11) is -3.56. The van der Waals surface area contributed by atoms with E-state index in [9.17, 15) is 13.2 Å². The van der Waals surface area contributed by atoms with Crippen molar-refractivity contribution in [1.82, 2.24) is 4.72 Å². The average Bonchev–Trinajstić information content (AvgIpc) is 2.43. The van der Waals surface area contributed by atoms with Gasteiger partial charge in [0.15, 0.2) is 0 Å². The summed E-state index contributed by atoms with van der Waals surface area (Å²) < 4.78 is 26.9. The molecular weight excluding hydrogens is 290 g/mol. The van der Waals surface area contributed by atoms with E-state index < -0.39 is 10.0 Å². The van der Waals surface area contributed by atoms with Gasteiger partial charge in [-0.25, -0.2) is 13.1 Å². The molecule has 0 fully saturated rings. The fraction of sp³-hybridized carbons (Fsp3) is 0.500. The first-order chi connectivity index (χ1) is 9.81. The molecule has 1 aromatic carbocycles. The normalized spacial score (nSPS) is 16.4. The largest absolute Gasteiger partial charge is 0.327 e. The van der Waals surface area contributed by atoms with Crippen LogP contribution in [-0.4, -0.2) is 33.5 Å². The van der Waals surface area contributed by atoms with Gasteiger partial charge < -0.3 is 10.6 Å². The Morgan fingerprint density at radius 3 is 2.81 bits per heavy atom. The molecule has 1 aliphatic rings. The Labute approximate surface area is 125 Å². The van der Waals surface area contributed by atoms with Crippen LogP contribution in [0.2, 0.25) is 0 Å². The van der Waals surface area contributed by atoms with Crippen molar-refractivity contribution in [3.63, 3.8) is 0 Å². The van der Waals surface area contributed by atoms with Crippen molar-refractivity contribution in [1.29, 1.82) is 0 Å². The quantitative estimate of drug-likeness (QED) is 0.852. The third kappa shape index (κ3) is 3.61. The molecule has 0 saturated carbocycles. The van der Waals surface area contributed by atoms with Crippen LogP contribution < -0.4 is 15.4 Å². The molecule has 0 bridgehead atoms. The number of nitrogens with zero attached hydrogens (tertiary/aromatic N) is 1. The zero-order chi connectivity index (χ0) is 15.6. The van der Waals surface area contributed by atoms with E-state index >= 15 is 0 Å². The molecule has 0 saturated heterocycles. The van der Waals surface area contributed by atoms with Crippen molar-refractivity contribution in [3.8, 4) is 0 Å². The number of benzene rings is 1. The predicted octanol–water partition coefficient (Wildman–Crippen LogP) is 0.611. The summed E-state index contributed by atoms with van der Waals surface area (Å²) in [6, 6.07) is 4.64. The van der Waals surface area contributed by atoms with E-state index in [0.29, 0.717) is 6.54 Å². The van der Waals surface area contributed by atoms with Crippen molar-refractivity contribution in [2.24, 2.45) is 5.73 Å². The highest BCUT2D eigenvalue weighted by atomic mass is 32.2. The number of sulfonamides is 1. The Bertz CT molecular complexity index is 641. The summed E-state index contributed by atoms with van der Waals surface area (Å²) in [5.41, 5.74) is 7.26. The predicted molar refractivity (Wildman–Crippen MR) is 81.6 cm³/mol. The zero-order valence-corrected chi connectivity index (χ0v) is 13.1. The second kappa shape index (κ2) is 6.13. The highest BCUT2D eigenvalue weighted by Gasteiger charge is 2.22. The monoisotopic (exact) mass is 311 g/mol. The Balaban J connectivity index is 2.31. The number of rotatable bonds is 4. The maximum absolute atomic E-state index is 12.2. The molecule has 7 heteroatoms. The van der Waals surface area contributed by atoms with Gasteiger partial charge in [0, 0.05) is 31.7 Å². The standard InChI is InChI=1S/C14H21N3O3S/c1-10(15)9-16-21(19,20)13-5-6-14-12(8-13)4-3-7-17(14)11(2)18/h5-6,8,10,16H,3-4,7,9,15H2,1-2H3. The molecule has 2 rings (SSSR count). The smallest absolute Gasteiger partial charge is 0.240 e. The van der Waals surface area contributed by atoms with Crippen molar-refractivity contribution in [3.05, 3.63) is 23.8 Å². The van der Waals surface area contributed by atoms with E-state index in [0.717, 1.165) is 24.1 Å². The Kier molecular flexibility index (Phi) is 4.65. The molecule has 6 nitrogen and oxygen atoms in total. The fourth-order valence-electron chi connectivity index (χ4n) is 2.39. The van der Waals surface area contributed by atoms with Gasteiger partial charge in [-0.15, -0.1) is 0 Å². The first-order valence-electron chi connectivity index (χ1n) is 6.97. The number of anilines is 1. The van der Waals surface area contributed by atoms with E-state index in [4.69, 9.17) is 5.73 Å². The lowest BCUT2D eigenvalue weighted by atomic mass is 10.0. The van der Waals surface area contributed by atoms with Crippen molar-refractivity contribution in [2.75, 3.05) is 18.0 Å². The Hall–Kier alpha value is -1.44. The molecule has 1 aliphatic heterocycles. The van der Waals surface area contributed by atoms with Crippen LogP contribution in [0.15, 0.2) is 23.1 Å². The maximum Gasteiger partial charge on any atom is 0.240 e. The van der Waals surface area contributed by atoms with Gasteiger partial charge in [-0.05, 0) is 43.5 Å². The van der Waals surface area contributed by atoms with Crippen LogP contribution in [0.5, 0.6) is 0 Å². The molecule has 1 amide bonds. The average molecular weight is 311 g/mol. The van der Waals surface area contributed by atoms with Gasteiger partial charge in [0.1, 0.15) is 0 Å². The number of aryl methyl sites for hydroxylation is 1. The molecular formula is C14H21N3O3S. The third-order valence-corrected chi connectivity index (χ3v) is 4.88. The third-order valence-electron chi connectivity index (χ3n) is 3.46. The first kappa shape index (κ1) is 15.9. The molecule has 3 N–H and O–H groups in total. The van der Waals surface area contributed by atoms with Gasteiger partial charge in [0.25, 0.3) is 0 Å². The highest BCUT2D eigenvalue weighted by Crippen LogP contribution is 2.29. The van der Waals surface area contributed by atoms with Crippen LogP contribution >= 0.6 is 0 Å². The molecule has 0 spiro atoms. The Morgan fingerprint density at radius 1 is 1.48 bits per heavy atom. The number of nitrogens with two attached hydrogens (primary N) is 1. The molecule has 0 radical (unpaired) electrons. The molecule has 0 aliphatic carbocycles. The van der Waals surface area contributed by atoms with E-state index in [2.05, 4.69) is 4.72 Å².